The van der Waals surface area contributed by atoms with Gasteiger partial charge in [0.2, 0.25) is 0 Å². The lowest BCUT2D eigenvalue weighted by Crippen LogP contribution is -1.97. The van der Waals surface area contributed by atoms with Crippen LogP contribution in [0.25, 0.3) is 38.8 Å². The van der Waals surface area contributed by atoms with Gasteiger partial charge in [-0.25, -0.2) is 9.07 Å². The molecule has 0 unspecified atom stereocenters. The molecule has 2 aromatic heterocycles. The van der Waals surface area contributed by atoms with Crippen molar-refractivity contribution < 1.29 is 4.39 Å². The minimum atomic E-state index is -0.276. The van der Waals surface area contributed by atoms with E-state index < -0.39 is 0 Å². The number of nitrogens with zero attached hydrogens (tertiary/aromatic N) is 3. The van der Waals surface area contributed by atoms with E-state index in [1.165, 1.54) is 12.1 Å². The quantitative estimate of drug-likeness (QED) is 0.353. The molecule has 0 radical (unpaired) electrons. The second-order valence-corrected chi connectivity index (χ2v) is 7.22. The summed E-state index contributed by atoms with van der Waals surface area (Å²) in [5, 5.41) is 7.43. The molecule has 0 aliphatic rings. The van der Waals surface area contributed by atoms with E-state index >= 15 is 0 Å². The van der Waals surface area contributed by atoms with Crippen LogP contribution in [0.5, 0.6) is 0 Å². The summed E-state index contributed by atoms with van der Waals surface area (Å²) in [5.74, 6) is -0.276. The van der Waals surface area contributed by atoms with E-state index in [1.807, 2.05) is 47.3 Å². The molecule has 0 N–H and O–H groups in total. The predicted molar refractivity (Wildman–Crippen MR) is 112 cm³/mol. The summed E-state index contributed by atoms with van der Waals surface area (Å²) in [6.45, 7) is 2.05. The van der Waals surface area contributed by atoms with E-state index in [0.717, 1.165) is 44.3 Å². The highest BCUT2D eigenvalue weighted by Gasteiger charge is 2.17. The first kappa shape index (κ1) is 16.9. The number of hydrogen-bond donors (Lipinski definition) is 0. The Morgan fingerprint density at radius 1 is 0.929 bits per heavy atom. The van der Waals surface area contributed by atoms with Crippen LogP contribution in [-0.2, 0) is 0 Å². The first-order chi connectivity index (χ1) is 13.6. The summed E-state index contributed by atoms with van der Waals surface area (Å²) in [5.41, 5.74) is 5.44. The van der Waals surface area contributed by atoms with Gasteiger partial charge in [0.05, 0.1) is 16.7 Å². The van der Waals surface area contributed by atoms with Crippen molar-refractivity contribution >= 4 is 33.4 Å². The van der Waals surface area contributed by atoms with E-state index in [-0.39, 0.29) is 5.82 Å². The lowest BCUT2D eigenvalue weighted by atomic mass is 10.1. The molecule has 5 heteroatoms. The molecule has 2 heterocycles. The van der Waals surface area contributed by atoms with Crippen LogP contribution < -0.4 is 0 Å². The topological polar surface area (TPSA) is 30.7 Å². The molecule has 0 aliphatic heterocycles. The molecule has 3 nitrogen and oxygen atoms in total. The smallest absolute Gasteiger partial charge is 0.123 e. The largest absolute Gasteiger partial charge is 0.255 e. The van der Waals surface area contributed by atoms with Gasteiger partial charge < -0.3 is 0 Å². The van der Waals surface area contributed by atoms with E-state index in [0.29, 0.717) is 5.02 Å². The summed E-state index contributed by atoms with van der Waals surface area (Å²) >= 11 is 6.24. The van der Waals surface area contributed by atoms with Gasteiger partial charge in [-0.1, -0.05) is 29.3 Å². The Morgan fingerprint density at radius 3 is 2.54 bits per heavy atom. The van der Waals surface area contributed by atoms with Crippen LogP contribution in [0, 0.1) is 12.7 Å². The molecule has 5 aromatic rings. The van der Waals surface area contributed by atoms with Crippen molar-refractivity contribution in [2.45, 2.75) is 6.92 Å². The average molecular weight is 388 g/mol. The summed E-state index contributed by atoms with van der Waals surface area (Å²) in [6, 6.07) is 20.1. The molecule has 3 aromatic carbocycles. The maximum Gasteiger partial charge on any atom is 0.123 e. The van der Waals surface area contributed by atoms with Crippen LogP contribution >= 0.6 is 11.6 Å². The van der Waals surface area contributed by atoms with Crippen LogP contribution in [0.1, 0.15) is 5.56 Å². The zero-order chi connectivity index (χ0) is 19.3. The molecule has 136 valence electrons. The fraction of sp³-hybridized carbons (Fsp3) is 0.0435. The van der Waals surface area contributed by atoms with Gasteiger partial charge in [-0.2, -0.15) is 5.10 Å². The second kappa shape index (κ2) is 6.43. The van der Waals surface area contributed by atoms with Crippen LogP contribution in [0.2, 0.25) is 5.02 Å². The molecule has 0 atom stereocenters. The number of hydrogen-bond acceptors (Lipinski definition) is 2. The highest BCUT2D eigenvalue weighted by molar-refractivity contribution is 6.30. The number of aryl methyl sites for hydroxylation is 1. The van der Waals surface area contributed by atoms with Gasteiger partial charge >= 0.3 is 0 Å². The normalized spacial score (nSPS) is 11.4. The zero-order valence-corrected chi connectivity index (χ0v) is 15.8. The molecule has 0 fully saturated rings. The number of fused-ring (bicyclic) bond motifs is 3. The van der Waals surface area contributed by atoms with Crippen LogP contribution in [0.4, 0.5) is 4.39 Å². The minimum Gasteiger partial charge on any atom is -0.255 e. The van der Waals surface area contributed by atoms with Crippen LogP contribution in [-0.4, -0.2) is 14.8 Å². The third-order valence-corrected chi connectivity index (χ3v) is 5.07. The van der Waals surface area contributed by atoms with Crippen molar-refractivity contribution in [3.05, 3.63) is 89.3 Å². The SMILES string of the molecule is Cc1ccc2ncc3c(-c4ccc(F)cc4)nn(-c4cccc(Cl)c4)c3c2c1. The number of aromatic nitrogens is 3. The molecule has 0 aliphatic carbocycles. The first-order valence-corrected chi connectivity index (χ1v) is 9.28. The second-order valence-electron chi connectivity index (χ2n) is 6.79. The maximum atomic E-state index is 13.4. The Hall–Kier alpha value is -3.24. The van der Waals surface area contributed by atoms with Gasteiger partial charge in [0.15, 0.2) is 0 Å². The molecular weight excluding hydrogens is 373 g/mol. The van der Waals surface area contributed by atoms with Crippen molar-refractivity contribution in [1.29, 1.82) is 0 Å². The number of pyridine rings is 1. The molecule has 28 heavy (non-hydrogen) atoms. The van der Waals surface area contributed by atoms with Crippen molar-refractivity contribution in [1.82, 2.24) is 14.8 Å². The van der Waals surface area contributed by atoms with Crippen molar-refractivity contribution in [2.75, 3.05) is 0 Å². The van der Waals surface area contributed by atoms with Gasteiger partial charge in [0.1, 0.15) is 11.5 Å². The van der Waals surface area contributed by atoms with E-state index in [4.69, 9.17) is 16.7 Å². The summed E-state index contributed by atoms with van der Waals surface area (Å²) in [6.07, 6.45) is 1.83. The lowest BCUT2D eigenvalue weighted by molar-refractivity contribution is 0.628. The molecule has 0 bridgehead atoms. The molecule has 5 rings (SSSR count). The number of halogens is 2. The van der Waals surface area contributed by atoms with E-state index in [9.17, 15) is 4.39 Å². The first-order valence-electron chi connectivity index (χ1n) is 8.90. The Kier molecular flexibility index (Phi) is 3.88. The van der Waals surface area contributed by atoms with Gasteiger partial charge in [0, 0.05) is 27.6 Å². The standard InChI is InChI=1S/C23H15ClFN3/c1-14-5-10-21-19(11-14)23-20(13-26-21)22(15-6-8-17(25)9-7-15)27-28(23)18-4-2-3-16(24)12-18/h2-13H,1H3. The Labute approximate surface area is 166 Å². The molecule has 0 saturated heterocycles. The molecule has 0 amide bonds. The number of rotatable bonds is 2. The highest BCUT2D eigenvalue weighted by Crippen LogP contribution is 2.34. The van der Waals surface area contributed by atoms with Gasteiger partial charge in [-0.15, -0.1) is 0 Å². The summed E-state index contributed by atoms with van der Waals surface area (Å²) in [4.78, 5) is 4.63. The molecule has 0 spiro atoms. The van der Waals surface area contributed by atoms with E-state index in [1.54, 1.807) is 12.1 Å². The van der Waals surface area contributed by atoms with Crippen LogP contribution in [0.15, 0.2) is 72.9 Å². The third-order valence-electron chi connectivity index (χ3n) is 4.83. The zero-order valence-electron chi connectivity index (χ0n) is 15.0. The highest BCUT2D eigenvalue weighted by atomic mass is 35.5. The Balaban J connectivity index is 1.91. The monoisotopic (exact) mass is 387 g/mol. The predicted octanol–water partition coefficient (Wildman–Crippen LogP) is 6.34. The fourth-order valence-electron chi connectivity index (χ4n) is 3.51. The van der Waals surface area contributed by atoms with Crippen molar-refractivity contribution in [2.24, 2.45) is 0 Å². The van der Waals surface area contributed by atoms with Crippen LogP contribution in [0.3, 0.4) is 0 Å². The number of benzene rings is 3. The van der Waals surface area contributed by atoms with E-state index in [2.05, 4.69) is 18.0 Å². The van der Waals surface area contributed by atoms with Gasteiger partial charge in [0.25, 0.3) is 0 Å². The van der Waals surface area contributed by atoms with Crippen molar-refractivity contribution in [3.63, 3.8) is 0 Å². The fourth-order valence-corrected chi connectivity index (χ4v) is 3.70. The minimum absolute atomic E-state index is 0.276. The van der Waals surface area contributed by atoms with Gasteiger partial charge in [-0.3, -0.25) is 4.98 Å². The Morgan fingerprint density at radius 2 is 1.75 bits per heavy atom. The summed E-state index contributed by atoms with van der Waals surface area (Å²) in [7, 11) is 0. The maximum absolute atomic E-state index is 13.4. The molecule has 0 saturated carbocycles. The lowest BCUT2D eigenvalue weighted by Gasteiger charge is -2.07. The third kappa shape index (κ3) is 2.74. The molecular formula is C23H15ClFN3. The Bertz CT molecular complexity index is 1340. The van der Waals surface area contributed by atoms with Gasteiger partial charge in [-0.05, 0) is 61.5 Å². The van der Waals surface area contributed by atoms with Crippen molar-refractivity contribution in [3.8, 4) is 16.9 Å². The summed E-state index contributed by atoms with van der Waals surface area (Å²) < 4.78 is 15.3. The average Bonchev–Trinajstić information content (AvgIpc) is 3.09.